The Labute approximate surface area is 247 Å². The smallest absolute Gasteiger partial charge is 0.295 e. The van der Waals surface area contributed by atoms with E-state index in [0.29, 0.717) is 72.8 Å². The molecule has 2 aromatic carbocycles. The van der Waals surface area contributed by atoms with Crippen LogP contribution >= 0.6 is 0 Å². The third kappa shape index (κ3) is 6.65. The van der Waals surface area contributed by atoms with E-state index in [1.807, 2.05) is 13.0 Å². The number of aryl methyl sites for hydroxylation is 1. The van der Waals surface area contributed by atoms with Crippen molar-refractivity contribution >= 4 is 17.4 Å². The van der Waals surface area contributed by atoms with E-state index in [2.05, 4.69) is 18.7 Å². The molecule has 0 radical (unpaired) electrons. The molecule has 0 aromatic heterocycles. The van der Waals surface area contributed by atoms with Crippen molar-refractivity contribution in [2.24, 2.45) is 5.92 Å². The minimum Gasteiger partial charge on any atom is -0.507 e. The third-order valence-corrected chi connectivity index (χ3v) is 7.56. The zero-order valence-electron chi connectivity index (χ0n) is 25.4. The average molecular weight is 583 g/mol. The molecule has 0 spiro atoms. The van der Waals surface area contributed by atoms with Gasteiger partial charge in [-0.3, -0.25) is 14.5 Å². The molecule has 10 heteroatoms. The molecule has 0 saturated carbocycles. The molecule has 10 nitrogen and oxygen atoms in total. The minimum absolute atomic E-state index is 0.0135. The molecule has 2 aliphatic rings. The number of Topliss-reactive ketones (excluding diaryl/α,β-unsaturated/α-hetero) is 1. The number of morpholine rings is 1. The number of likely N-dealkylation sites (tertiary alicyclic amines) is 1. The summed E-state index contributed by atoms with van der Waals surface area (Å²) in [7, 11) is 4.52. The zero-order valence-corrected chi connectivity index (χ0v) is 25.4. The zero-order chi connectivity index (χ0) is 30.4. The first-order valence-corrected chi connectivity index (χ1v) is 14.3. The first-order valence-electron chi connectivity index (χ1n) is 14.3. The molecule has 0 unspecified atom stereocenters. The van der Waals surface area contributed by atoms with Crippen LogP contribution in [0.25, 0.3) is 5.76 Å². The van der Waals surface area contributed by atoms with Crippen LogP contribution in [0, 0.1) is 12.8 Å². The number of carbonyl (C=O) groups is 2. The molecule has 2 heterocycles. The summed E-state index contributed by atoms with van der Waals surface area (Å²) in [6.07, 6.45) is 0.648. The van der Waals surface area contributed by atoms with Gasteiger partial charge in [-0.15, -0.1) is 0 Å². The first-order chi connectivity index (χ1) is 20.2. The lowest BCUT2D eigenvalue weighted by atomic mass is 9.93. The predicted octanol–water partition coefficient (Wildman–Crippen LogP) is 4.20. The van der Waals surface area contributed by atoms with Crippen LogP contribution < -0.4 is 18.9 Å². The Hall–Kier alpha value is -3.76. The molecule has 1 amide bonds. The first kappa shape index (κ1) is 31.2. The van der Waals surface area contributed by atoms with E-state index in [1.165, 1.54) is 26.2 Å². The number of nitrogens with zero attached hydrogens (tertiary/aromatic N) is 2. The van der Waals surface area contributed by atoms with Crippen LogP contribution in [-0.4, -0.2) is 93.9 Å². The van der Waals surface area contributed by atoms with Gasteiger partial charge in [-0.05, 0) is 60.7 Å². The summed E-state index contributed by atoms with van der Waals surface area (Å²) in [5.41, 5.74) is 1.75. The van der Waals surface area contributed by atoms with Gasteiger partial charge in [0, 0.05) is 31.7 Å². The van der Waals surface area contributed by atoms with E-state index in [-0.39, 0.29) is 11.3 Å². The van der Waals surface area contributed by atoms with E-state index in [0.717, 1.165) is 25.2 Å². The van der Waals surface area contributed by atoms with Gasteiger partial charge in [0.15, 0.2) is 11.5 Å². The van der Waals surface area contributed by atoms with E-state index in [1.54, 1.807) is 24.3 Å². The number of rotatable bonds is 12. The van der Waals surface area contributed by atoms with Gasteiger partial charge < -0.3 is 33.7 Å². The Bertz CT molecular complexity index is 1290. The van der Waals surface area contributed by atoms with Crippen molar-refractivity contribution in [3.8, 4) is 23.0 Å². The van der Waals surface area contributed by atoms with Gasteiger partial charge in [0.2, 0.25) is 5.75 Å². The van der Waals surface area contributed by atoms with Crippen molar-refractivity contribution < 1.29 is 38.4 Å². The van der Waals surface area contributed by atoms with E-state index in [9.17, 15) is 14.7 Å². The highest BCUT2D eigenvalue weighted by molar-refractivity contribution is 6.46. The number of ether oxygens (including phenoxy) is 5. The highest BCUT2D eigenvalue weighted by atomic mass is 16.5. The van der Waals surface area contributed by atoms with Crippen LogP contribution in [0.15, 0.2) is 35.9 Å². The minimum atomic E-state index is -0.861. The Kier molecular flexibility index (Phi) is 10.3. The second-order valence-corrected chi connectivity index (χ2v) is 10.9. The van der Waals surface area contributed by atoms with E-state index >= 15 is 0 Å². The molecule has 228 valence electrons. The lowest BCUT2D eigenvalue weighted by molar-refractivity contribution is -0.140. The summed E-state index contributed by atoms with van der Waals surface area (Å²) in [4.78, 5) is 31.0. The summed E-state index contributed by atoms with van der Waals surface area (Å²) in [5.74, 6) is 0.543. The summed E-state index contributed by atoms with van der Waals surface area (Å²) >= 11 is 0. The Morgan fingerprint density at radius 3 is 2.24 bits per heavy atom. The Morgan fingerprint density at radius 2 is 1.67 bits per heavy atom. The molecule has 42 heavy (non-hydrogen) atoms. The molecular formula is C32H42N2O8. The lowest BCUT2D eigenvalue weighted by Gasteiger charge is -2.29. The fourth-order valence-corrected chi connectivity index (χ4v) is 5.41. The molecule has 2 aliphatic heterocycles. The number of methoxy groups -OCH3 is 3. The largest absolute Gasteiger partial charge is 0.507 e. The van der Waals surface area contributed by atoms with Gasteiger partial charge in [-0.1, -0.05) is 13.8 Å². The van der Waals surface area contributed by atoms with E-state index in [4.69, 9.17) is 23.7 Å². The fourth-order valence-electron chi connectivity index (χ4n) is 5.41. The van der Waals surface area contributed by atoms with Crippen molar-refractivity contribution in [2.75, 3.05) is 67.3 Å². The van der Waals surface area contributed by atoms with Gasteiger partial charge in [0.25, 0.3) is 11.7 Å². The lowest BCUT2D eigenvalue weighted by Crippen LogP contribution is -2.39. The number of carbonyl (C=O) groups excluding carboxylic acids is 2. The van der Waals surface area contributed by atoms with Crippen molar-refractivity contribution in [3.05, 3.63) is 52.6 Å². The fraction of sp³-hybridized carbons (Fsp3) is 0.500. The van der Waals surface area contributed by atoms with Gasteiger partial charge in [0.1, 0.15) is 11.5 Å². The summed E-state index contributed by atoms with van der Waals surface area (Å²) in [5, 5.41) is 11.7. The number of aliphatic hydroxyl groups is 1. The topological polar surface area (TPSA) is 107 Å². The molecular weight excluding hydrogens is 540 g/mol. The average Bonchev–Trinajstić information content (AvgIpc) is 3.24. The maximum atomic E-state index is 13.6. The number of aliphatic hydroxyl groups excluding tert-OH is 1. The van der Waals surface area contributed by atoms with Gasteiger partial charge in [-0.25, -0.2) is 0 Å². The van der Waals surface area contributed by atoms with Crippen LogP contribution in [0.4, 0.5) is 0 Å². The van der Waals surface area contributed by atoms with E-state index < -0.39 is 17.7 Å². The molecule has 2 aromatic rings. The number of amides is 1. The molecule has 1 N–H and O–H groups in total. The Balaban J connectivity index is 1.77. The second-order valence-electron chi connectivity index (χ2n) is 10.9. The maximum Gasteiger partial charge on any atom is 0.295 e. The highest BCUT2D eigenvalue weighted by Gasteiger charge is 2.46. The molecule has 0 bridgehead atoms. The van der Waals surface area contributed by atoms with Crippen LogP contribution in [0.3, 0.4) is 0 Å². The standard InChI is InChI=1S/C32H42N2O8/c1-20(2)19-42-23-8-9-24(21(3)16-23)29(35)27-28(22-17-25(38-4)31(40-6)26(18-22)39-5)34(32(37)30(27)36)11-7-10-33-12-14-41-15-13-33/h8-9,16-18,20,28,35H,7,10-15,19H2,1-6H3/b29-27+/t28-/m0/s1. The number of hydrogen-bond donors (Lipinski definition) is 1. The van der Waals surface area contributed by atoms with Crippen LogP contribution in [0.2, 0.25) is 0 Å². The number of hydrogen-bond acceptors (Lipinski definition) is 9. The monoisotopic (exact) mass is 582 g/mol. The summed E-state index contributed by atoms with van der Waals surface area (Å²) in [6, 6.07) is 7.88. The van der Waals surface area contributed by atoms with Gasteiger partial charge in [0.05, 0.1) is 52.8 Å². The molecule has 0 aliphatic carbocycles. The number of ketones is 1. The van der Waals surface area contributed by atoms with Gasteiger partial charge in [-0.2, -0.15) is 0 Å². The van der Waals surface area contributed by atoms with Crippen molar-refractivity contribution in [1.82, 2.24) is 9.80 Å². The third-order valence-electron chi connectivity index (χ3n) is 7.56. The van der Waals surface area contributed by atoms with Crippen molar-refractivity contribution in [3.63, 3.8) is 0 Å². The number of benzene rings is 2. The molecule has 4 rings (SSSR count). The molecule has 2 saturated heterocycles. The maximum absolute atomic E-state index is 13.6. The highest BCUT2D eigenvalue weighted by Crippen LogP contribution is 2.46. The molecule has 1 atom stereocenters. The van der Waals surface area contributed by atoms with Gasteiger partial charge >= 0.3 is 0 Å². The Morgan fingerprint density at radius 1 is 1.00 bits per heavy atom. The van der Waals surface area contributed by atoms with Crippen LogP contribution in [-0.2, 0) is 14.3 Å². The van der Waals surface area contributed by atoms with Crippen LogP contribution in [0.1, 0.15) is 43.0 Å². The summed E-state index contributed by atoms with van der Waals surface area (Å²) < 4.78 is 27.9. The van der Waals surface area contributed by atoms with Crippen molar-refractivity contribution in [1.29, 1.82) is 0 Å². The molecule has 2 fully saturated rings. The van der Waals surface area contributed by atoms with Crippen LogP contribution in [0.5, 0.6) is 23.0 Å². The quantitative estimate of drug-likeness (QED) is 0.224. The SMILES string of the molecule is COc1cc([C@H]2/C(=C(\O)c3ccc(OCC(C)C)cc3C)C(=O)C(=O)N2CCCN2CCOCC2)cc(OC)c1OC. The predicted molar refractivity (Wildman–Crippen MR) is 158 cm³/mol. The van der Waals surface area contributed by atoms with Crippen molar-refractivity contribution in [2.45, 2.75) is 33.2 Å². The second kappa shape index (κ2) is 13.9. The normalized spacial score (nSPS) is 18.9. The summed E-state index contributed by atoms with van der Waals surface area (Å²) in [6.45, 7) is 10.6.